The third kappa shape index (κ3) is 2.93. The van der Waals surface area contributed by atoms with Gasteiger partial charge in [0.25, 0.3) is 0 Å². The molecule has 2 rings (SSSR count). The number of benzene rings is 1. The average molecular weight is 247 g/mol. The number of furan rings is 1. The van der Waals surface area contributed by atoms with Gasteiger partial charge < -0.3 is 10.2 Å². The van der Waals surface area contributed by atoms with Crippen LogP contribution >= 0.6 is 11.8 Å². The van der Waals surface area contributed by atoms with E-state index in [0.717, 1.165) is 10.7 Å². The average Bonchev–Trinajstić information content (AvgIpc) is 2.72. The van der Waals surface area contributed by atoms with Crippen molar-refractivity contribution in [3.63, 3.8) is 0 Å². The second-order valence-electron chi connectivity index (χ2n) is 4.15. The van der Waals surface area contributed by atoms with Crippen LogP contribution in [0.5, 0.6) is 0 Å². The van der Waals surface area contributed by atoms with Gasteiger partial charge in [-0.2, -0.15) is 0 Å². The fourth-order valence-corrected chi connectivity index (χ4v) is 2.88. The van der Waals surface area contributed by atoms with Gasteiger partial charge in [-0.3, -0.25) is 0 Å². The molecule has 0 radical (unpaired) electrons. The monoisotopic (exact) mass is 247 g/mol. The molecule has 0 spiro atoms. The van der Waals surface area contributed by atoms with Gasteiger partial charge in [0.15, 0.2) is 0 Å². The van der Waals surface area contributed by atoms with E-state index in [1.807, 2.05) is 38.1 Å². The minimum atomic E-state index is 0.0942. The zero-order chi connectivity index (χ0) is 12.3. The van der Waals surface area contributed by atoms with E-state index in [1.54, 1.807) is 18.0 Å². The van der Waals surface area contributed by atoms with Gasteiger partial charge in [0.1, 0.15) is 5.76 Å². The topological polar surface area (TPSA) is 39.2 Å². The van der Waals surface area contributed by atoms with Crippen LogP contribution in [0.1, 0.15) is 23.5 Å². The van der Waals surface area contributed by atoms with Crippen molar-refractivity contribution in [3.8, 4) is 0 Å². The maximum atomic E-state index is 6.08. The van der Waals surface area contributed by atoms with Gasteiger partial charge in [-0.25, -0.2) is 0 Å². The van der Waals surface area contributed by atoms with Crippen LogP contribution in [0.2, 0.25) is 0 Å². The van der Waals surface area contributed by atoms with Gasteiger partial charge in [0.05, 0.1) is 6.26 Å². The van der Waals surface area contributed by atoms with E-state index in [0.29, 0.717) is 0 Å². The lowest BCUT2D eigenvalue weighted by Gasteiger charge is -2.20. The largest absolute Gasteiger partial charge is 0.468 e. The van der Waals surface area contributed by atoms with Gasteiger partial charge in [-0.15, -0.1) is 11.8 Å². The molecule has 0 aliphatic carbocycles. The standard InChI is InChI=1S/C14H17NOS/c1-10(15)14(12-6-4-3-5-7-12)17-13-8-9-16-11(13)2/h3-10,14H,15H2,1-2H3. The van der Waals surface area contributed by atoms with Crippen molar-refractivity contribution < 1.29 is 4.42 Å². The van der Waals surface area contributed by atoms with Crippen LogP contribution in [0.4, 0.5) is 0 Å². The maximum absolute atomic E-state index is 6.08. The molecule has 0 saturated heterocycles. The van der Waals surface area contributed by atoms with E-state index in [-0.39, 0.29) is 11.3 Å². The summed E-state index contributed by atoms with van der Waals surface area (Å²) in [4.78, 5) is 1.16. The summed E-state index contributed by atoms with van der Waals surface area (Å²) in [5.74, 6) is 0.955. The van der Waals surface area contributed by atoms with Gasteiger partial charge in [-0.1, -0.05) is 30.3 Å². The predicted molar refractivity (Wildman–Crippen MR) is 72.1 cm³/mol. The SMILES string of the molecule is Cc1occc1SC(c1ccccc1)C(C)N. The van der Waals surface area contributed by atoms with Gasteiger partial charge >= 0.3 is 0 Å². The molecule has 2 aromatic rings. The van der Waals surface area contributed by atoms with Crippen molar-refractivity contribution in [1.82, 2.24) is 0 Å². The highest BCUT2D eigenvalue weighted by atomic mass is 32.2. The molecule has 2 N–H and O–H groups in total. The Hall–Kier alpha value is -1.19. The first-order valence-electron chi connectivity index (χ1n) is 5.70. The van der Waals surface area contributed by atoms with Gasteiger partial charge in [-0.05, 0) is 25.5 Å². The molecule has 2 nitrogen and oxygen atoms in total. The third-order valence-corrected chi connectivity index (χ3v) is 4.30. The van der Waals surface area contributed by atoms with Gasteiger partial charge in [0, 0.05) is 16.2 Å². The molecule has 0 bridgehead atoms. The first-order chi connectivity index (χ1) is 8.18. The first-order valence-corrected chi connectivity index (χ1v) is 6.57. The molecule has 0 aliphatic heterocycles. The van der Waals surface area contributed by atoms with E-state index < -0.39 is 0 Å². The normalized spacial score (nSPS) is 14.5. The number of thioether (sulfide) groups is 1. The first kappa shape index (κ1) is 12.3. The highest BCUT2D eigenvalue weighted by molar-refractivity contribution is 7.99. The molecular weight excluding hydrogens is 230 g/mol. The van der Waals surface area contributed by atoms with E-state index >= 15 is 0 Å². The maximum Gasteiger partial charge on any atom is 0.114 e. The van der Waals surface area contributed by atoms with Crippen LogP contribution in [0.3, 0.4) is 0 Å². The van der Waals surface area contributed by atoms with Crippen LogP contribution in [0.25, 0.3) is 0 Å². The smallest absolute Gasteiger partial charge is 0.114 e. The predicted octanol–water partition coefficient (Wildman–Crippen LogP) is 3.77. The second kappa shape index (κ2) is 5.43. The van der Waals surface area contributed by atoms with Crippen molar-refractivity contribution in [2.24, 2.45) is 5.73 Å². The molecular formula is C14H17NOS. The Kier molecular flexibility index (Phi) is 3.92. The molecule has 2 atom stereocenters. The number of aryl methyl sites for hydroxylation is 1. The van der Waals surface area contributed by atoms with Crippen LogP contribution in [-0.4, -0.2) is 6.04 Å². The Bertz CT molecular complexity index is 464. The lowest BCUT2D eigenvalue weighted by molar-refractivity contribution is 0.526. The van der Waals surface area contributed by atoms with Crippen molar-refractivity contribution in [3.05, 3.63) is 54.0 Å². The lowest BCUT2D eigenvalue weighted by Crippen LogP contribution is -2.22. The van der Waals surface area contributed by atoms with E-state index in [2.05, 4.69) is 12.1 Å². The molecule has 1 aromatic heterocycles. The molecule has 0 fully saturated rings. The molecule has 2 unspecified atom stereocenters. The van der Waals surface area contributed by atoms with E-state index in [1.165, 1.54) is 5.56 Å². The summed E-state index contributed by atoms with van der Waals surface area (Å²) in [5.41, 5.74) is 7.34. The zero-order valence-electron chi connectivity index (χ0n) is 10.1. The minimum absolute atomic E-state index is 0.0942. The number of nitrogens with two attached hydrogens (primary N) is 1. The van der Waals surface area contributed by atoms with Crippen molar-refractivity contribution in [2.75, 3.05) is 0 Å². The highest BCUT2D eigenvalue weighted by Gasteiger charge is 2.19. The number of rotatable bonds is 4. The minimum Gasteiger partial charge on any atom is -0.468 e. The zero-order valence-corrected chi connectivity index (χ0v) is 10.9. The Labute approximate surface area is 106 Å². The van der Waals surface area contributed by atoms with Crippen molar-refractivity contribution >= 4 is 11.8 Å². The Morgan fingerprint density at radius 3 is 2.41 bits per heavy atom. The summed E-state index contributed by atoms with van der Waals surface area (Å²) in [7, 11) is 0. The van der Waals surface area contributed by atoms with Crippen LogP contribution in [0, 0.1) is 6.92 Å². The van der Waals surface area contributed by atoms with Crippen LogP contribution in [-0.2, 0) is 0 Å². The second-order valence-corrected chi connectivity index (χ2v) is 5.33. The van der Waals surface area contributed by atoms with E-state index in [9.17, 15) is 0 Å². The summed E-state index contributed by atoms with van der Waals surface area (Å²) in [6, 6.07) is 12.5. The molecule has 17 heavy (non-hydrogen) atoms. The van der Waals surface area contributed by atoms with Gasteiger partial charge in [0.2, 0.25) is 0 Å². The van der Waals surface area contributed by atoms with Crippen LogP contribution in [0.15, 0.2) is 52.0 Å². The van der Waals surface area contributed by atoms with Crippen molar-refractivity contribution in [1.29, 1.82) is 0 Å². The summed E-state index contributed by atoms with van der Waals surface area (Å²) < 4.78 is 5.32. The number of hydrogen-bond donors (Lipinski definition) is 1. The molecule has 0 saturated carbocycles. The molecule has 0 aliphatic rings. The molecule has 90 valence electrons. The quantitative estimate of drug-likeness (QED) is 0.836. The summed E-state index contributed by atoms with van der Waals surface area (Å²) >= 11 is 1.76. The Balaban J connectivity index is 2.22. The summed E-state index contributed by atoms with van der Waals surface area (Å²) in [6.07, 6.45) is 1.72. The molecule has 0 amide bonds. The molecule has 3 heteroatoms. The number of hydrogen-bond acceptors (Lipinski definition) is 3. The fourth-order valence-electron chi connectivity index (χ4n) is 1.75. The van der Waals surface area contributed by atoms with E-state index in [4.69, 9.17) is 10.2 Å². The van der Waals surface area contributed by atoms with Crippen LogP contribution < -0.4 is 5.73 Å². The summed E-state index contributed by atoms with van der Waals surface area (Å²) in [6.45, 7) is 4.02. The third-order valence-electron chi connectivity index (χ3n) is 2.67. The Morgan fingerprint density at radius 1 is 1.18 bits per heavy atom. The Morgan fingerprint density at radius 2 is 1.88 bits per heavy atom. The highest BCUT2D eigenvalue weighted by Crippen LogP contribution is 2.38. The fraction of sp³-hybridized carbons (Fsp3) is 0.286. The van der Waals surface area contributed by atoms with Crippen molar-refractivity contribution in [2.45, 2.75) is 30.0 Å². The molecule has 1 aromatic carbocycles. The lowest BCUT2D eigenvalue weighted by atomic mass is 10.1. The molecule has 1 heterocycles. The summed E-state index contributed by atoms with van der Waals surface area (Å²) in [5, 5.41) is 0.257.